The average molecular weight is 236 g/mol. The summed E-state index contributed by atoms with van der Waals surface area (Å²) in [6.45, 7) is 7.99. The number of hydrogen-bond acceptors (Lipinski definition) is 3. The minimum absolute atomic E-state index is 0.769. The third-order valence-corrected chi connectivity index (χ3v) is 2.93. The van der Waals surface area contributed by atoms with Crippen molar-refractivity contribution in [2.75, 3.05) is 38.8 Å². The molecule has 0 heterocycles. The molecule has 0 aromatic heterocycles. The molecule has 0 bridgehead atoms. The molecule has 3 heteroatoms. The smallest absolute Gasteiger partial charge is 0.0637 e. The molecule has 96 valence electrons. The van der Waals surface area contributed by atoms with E-state index in [1.54, 1.807) is 7.11 Å². The fraction of sp³-hybridized carbons (Fsp3) is 0.571. The number of methoxy groups -OCH3 is 1. The standard InChI is InChI=1S/C14H24N2O/c1-5-16(8-9-17-4)14-7-6-13(11-15-3)10-12(14)2/h6-7,10,15H,5,8-9,11H2,1-4H3. The highest BCUT2D eigenvalue weighted by Gasteiger charge is 2.07. The Labute approximate surface area is 105 Å². The Morgan fingerprint density at radius 1 is 1.35 bits per heavy atom. The van der Waals surface area contributed by atoms with Gasteiger partial charge in [-0.3, -0.25) is 0 Å². The highest BCUT2D eigenvalue weighted by molar-refractivity contribution is 5.54. The van der Waals surface area contributed by atoms with E-state index in [1.807, 2.05) is 7.05 Å². The highest BCUT2D eigenvalue weighted by Crippen LogP contribution is 2.21. The summed E-state index contributed by atoms with van der Waals surface area (Å²) in [5.41, 5.74) is 3.97. The summed E-state index contributed by atoms with van der Waals surface area (Å²) in [4.78, 5) is 2.35. The Morgan fingerprint density at radius 3 is 2.65 bits per heavy atom. The molecule has 1 rings (SSSR count). The van der Waals surface area contributed by atoms with E-state index in [0.29, 0.717) is 0 Å². The molecular formula is C14H24N2O. The Bertz CT molecular complexity index is 339. The first kappa shape index (κ1) is 14.0. The van der Waals surface area contributed by atoms with Gasteiger partial charge in [-0.1, -0.05) is 12.1 Å². The predicted molar refractivity (Wildman–Crippen MR) is 73.7 cm³/mol. The minimum atomic E-state index is 0.769. The maximum Gasteiger partial charge on any atom is 0.0637 e. The van der Waals surface area contributed by atoms with Crippen LogP contribution < -0.4 is 10.2 Å². The Balaban J connectivity index is 2.81. The molecule has 17 heavy (non-hydrogen) atoms. The lowest BCUT2D eigenvalue weighted by molar-refractivity contribution is 0.205. The number of hydrogen-bond donors (Lipinski definition) is 1. The van der Waals surface area contributed by atoms with Gasteiger partial charge in [-0.25, -0.2) is 0 Å². The average Bonchev–Trinajstić information content (AvgIpc) is 2.32. The molecule has 0 amide bonds. The van der Waals surface area contributed by atoms with Crippen molar-refractivity contribution in [1.29, 1.82) is 0 Å². The molecule has 0 aliphatic carbocycles. The van der Waals surface area contributed by atoms with Crippen LogP contribution in [0.2, 0.25) is 0 Å². The van der Waals surface area contributed by atoms with Gasteiger partial charge in [0, 0.05) is 32.4 Å². The van der Waals surface area contributed by atoms with Crippen molar-refractivity contribution in [3.63, 3.8) is 0 Å². The molecule has 0 atom stereocenters. The van der Waals surface area contributed by atoms with Crippen LogP contribution in [-0.4, -0.2) is 33.9 Å². The second-order valence-electron chi connectivity index (χ2n) is 4.22. The largest absolute Gasteiger partial charge is 0.383 e. The lowest BCUT2D eigenvalue weighted by Crippen LogP contribution is -2.27. The number of ether oxygens (including phenoxy) is 1. The van der Waals surface area contributed by atoms with Gasteiger partial charge in [0.15, 0.2) is 0 Å². The fourth-order valence-electron chi connectivity index (χ4n) is 2.04. The highest BCUT2D eigenvalue weighted by atomic mass is 16.5. The molecule has 0 radical (unpaired) electrons. The third-order valence-electron chi connectivity index (χ3n) is 2.93. The SMILES string of the molecule is CCN(CCOC)c1ccc(CNC)cc1C. The van der Waals surface area contributed by atoms with Crippen LogP contribution in [0.3, 0.4) is 0 Å². The van der Waals surface area contributed by atoms with Gasteiger partial charge < -0.3 is 15.0 Å². The topological polar surface area (TPSA) is 24.5 Å². The van der Waals surface area contributed by atoms with Gasteiger partial charge in [0.05, 0.1) is 6.61 Å². The quantitative estimate of drug-likeness (QED) is 0.785. The Hall–Kier alpha value is -1.06. The second kappa shape index (κ2) is 7.30. The van der Waals surface area contributed by atoms with Crippen molar-refractivity contribution in [2.24, 2.45) is 0 Å². The summed E-state index contributed by atoms with van der Waals surface area (Å²) in [6, 6.07) is 6.65. The lowest BCUT2D eigenvalue weighted by atomic mass is 10.1. The number of benzene rings is 1. The van der Waals surface area contributed by atoms with Crippen LogP contribution in [-0.2, 0) is 11.3 Å². The zero-order chi connectivity index (χ0) is 12.7. The summed E-state index contributed by atoms with van der Waals surface area (Å²) in [6.07, 6.45) is 0. The molecule has 0 saturated carbocycles. The first-order valence-corrected chi connectivity index (χ1v) is 6.21. The fourth-order valence-corrected chi connectivity index (χ4v) is 2.04. The maximum atomic E-state index is 5.15. The zero-order valence-corrected chi connectivity index (χ0v) is 11.4. The van der Waals surface area contributed by atoms with E-state index in [2.05, 4.69) is 42.3 Å². The first-order valence-electron chi connectivity index (χ1n) is 6.21. The monoisotopic (exact) mass is 236 g/mol. The van der Waals surface area contributed by atoms with E-state index in [0.717, 1.165) is 26.2 Å². The summed E-state index contributed by atoms with van der Waals surface area (Å²) >= 11 is 0. The van der Waals surface area contributed by atoms with E-state index in [1.165, 1.54) is 16.8 Å². The zero-order valence-electron chi connectivity index (χ0n) is 11.4. The van der Waals surface area contributed by atoms with Gasteiger partial charge >= 0.3 is 0 Å². The summed E-state index contributed by atoms with van der Waals surface area (Å²) in [5, 5.41) is 3.17. The van der Waals surface area contributed by atoms with Crippen molar-refractivity contribution in [3.8, 4) is 0 Å². The molecular weight excluding hydrogens is 212 g/mol. The van der Waals surface area contributed by atoms with Crippen LogP contribution in [0.1, 0.15) is 18.1 Å². The third kappa shape index (κ3) is 4.02. The predicted octanol–water partition coefficient (Wildman–Crippen LogP) is 2.19. The normalized spacial score (nSPS) is 10.6. The molecule has 0 fully saturated rings. The van der Waals surface area contributed by atoms with Gasteiger partial charge in [-0.15, -0.1) is 0 Å². The van der Waals surface area contributed by atoms with Crippen molar-refractivity contribution >= 4 is 5.69 Å². The van der Waals surface area contributed by atoms with Crippen LogP contribution >= 0.6 is 0 Å². The van der Waals surface area contributed by atoms with Gasteiger partial charge in [0.2, 0.25) is 0 Å². The summed E-state index contributed by atoms with van der Waals surface area (Å²) < 4.78 is 5.15. The summed E-state index contributed by atoms with van der Waals surface area (Å²) in [5.74, 6) is 0. The molecule has 0 spiro atoms. The number of anilines is 1. The number of rotatable bonds is 7. The first-order chi connectivity index (χ1) is 8.22. The van der Waals surface area contributed by atoms with E-state index < -0.39 is 0 Å². The number of likely N-dealkylation sites (N-methyl/N-ethyl adjacent to an activating group) is 1. The van der Waals surface area contributed by atoms with Crippen LogP contribution in [0.25, 0.3) is 0 Å². The number of aryl methyl sites for hydroxylation is 1. The Kier molecular flexibility index (Phi) is 6.01. The van der Waals surface area contributed by atoms with Crippen LogP contribution in [0, 0.1) is 6.92 Å². The van der Waals surface area contributed by atoms with Gasteiger partial charge in [-0.2, -0.15) is 0 Å². The van der Waals surface area contributed by atoms with Gasteiger partial charge in [-0.05, 0) is 38.1 Å². The van der Waals surface area contributed by atoms with Crippen molar-refractivity contribution in [2.45, 2.75) is 20.4 Å². The maximum absolute atomic E-state index is 5.15. The molecule has 0 saturated heterocycles. The summed E-state index contributed by atoms with van der Waals surface area (Å²) in [7, 11) is 3.72. The van der Waals surface area contributed by atoms with Gasteiger partial charge in [0.1, 0.15) is 0 Å². The van der Waals surface area contributed by atoms with E-state index in [4.69, 9.17) is 4.74 Å². The van der Waals surface area contributed by atoms with Gasteiger partial charge in [0.25, 0.3) is 0 Å². The number of nitrogens with one attached hydrogen (secondary N) is 1. The molecule has 0 aliphatic rings. The van der Waals surface area contributed by atoms with Crippen LogP contribution in [0.4, 0.5) is 5.69 Å². The Morgan fingerprint density at radius 2 is 2.12 bits per heavy atom. The molecule has 0 aliphatic heterocycles. The van der Waals surface area contributed by atoms with E-state index in [9.17, 15) is 0 Å². The van der Waals surface area contributed by atoms with Crippen molar-refractivity contribution in [1.82, 2.24) is 5.32 Å². The van der Waals surface area contributed by atoms with Crippen LogP contribution in [0.5, 0.6) is 0 Å². The molecule has 1 aromatic rings. The lowest BCUT2D eigenvalue weighted by Gasteiger charge is -2.25. The van der Waals surface area contributed by atoms with E-state index >= 15 is 0 Å². The van der Waals surface area contributed by atoms with Crippen molar-refractivity contribution < 1.29 is 4.74 Å². The molecule has 3 nitrogen and oxygen atoms in total. The molecule has 1 aromatic carbocycles. The number of nitrogens with zero attached hydrogens (tertiary/aromatic N) is 1. The second-order valence-corrected chi connectivity index (χ2v) is 4.22. The minimum Gasteiger partial charge on any atom is -0.383 e. The van der Waals surface area contributed by atoms with E-state index in [-0.39, 0.29) is 0 Å². The molecule has 0 unspecified atom stereocenters. The molecule has 1 N–H and O–H groups in total. The van der Waals surface area contributed by atoms with Crippen LogP contribution in [0.15, 0.2) is 18.2 Å². The van der Waals surface area contributed by atoms with Crippen molar-refractivity contribution in [3.05, 3.63) is 29.3 Å².